The lowest BCUT2D eigenvalue weighted by Gasteiger charge is -2.11. The smallest absolute Gasteiger partial charge is 0.263 e. The van der Waals surface area contributed by atoms with Crippen molar-refractivity contribution in [2.75, 3.05) is 37.4 Å². The molecule has 0 unspecified atom stereocenters. The number of hydrogen-bond acceptors (Lipinski definition) is 10. The van der Waals surface area contributed by atoms with Gasteiger partial charge in [-0.3, -0.25) is 9.59 Å². The van der Waals surface area contributed by atoms with Crippen molar-refractivity contribution in [3.05, 3.63) is 40.3 Å². The van der Waals surface area contributed by atoms with Gasteiger partial charge in [-0.25, -0.2) is 19.9 Å². The van der Waals surface area contributed by atoms with E-state index in [1.807, 2.05) is 19.1 Å². The second-order valence-corrected chi connectivity index (χ2v) is 8.62. The van der Waals surface area contributed by atoms with E-state index in [-0.39, 0.29) is 11.2 Å². The van der Waals surface area contributed by atoms with Crippen molar-refractivity contribution in [3.63, 3.8) is 0 Å². The number of amides is 2. The summed E-state index contributed by atoms with van der Waals surface area (Å²) in [6.45, 7) is 4.09. The number of nitrogens with one attached hydrogen (secondary N) is 4. The van der Waals surface area contributed by atoms with Crippen molar-refractivity contribution in [2.24, 2.45) is 0 Å². The highest BCUT2D eigenvalue weighted by Gasteiger charge is 2.23. The fraction of sp³-hybridized carbons (Fsp3) is 0.273. The molecule has 0 saturated carbocycles. The highest BCUT2D eigenvalue weighted by molar-refractivity contribution is 7.21. The summed E-state index contributed by atoms with van der Waals surface area (Å²) in [6.07, 6.45) is 3.89. The quantitative estimate of drug-likeness (QED) is 0.225. The molecule has 13 heteroatoms. The Labute approximate surface area is 209 Å². The molecule has 35 heavy (non-hydrogen) atoms. The molecule has 1 aromatic carbocycles. The SMILES string of the molecule is CCOCc1cnc(Cl)nc1Nc1cnc2c(ccc3sc4c(c32)NCCNC4=O)n1.CNC=O. The molecule has 1 aliphatic rings. The number of benzene rings is 1. The fourth-order valence-corrected chi connectivity index (χ4v) is 4.66. The van der Waals surface area contributed by atoms with Gasteiger partial charge in [-0.1, -0.05) is 0 Å². The van der Waals surface area contributed by atoms with Crippen LogP contribution in [0.25, 0.3) is 21.1 Å². The number of aromatic nitrogens is 4. The number of ether oxygens (including phenoxy) is 1. The summed E-state index contributed by atoms with van der Waals surface area (Å²) >= 11 is 7.43. The Hall–Kier alpha value is -3.61. The van der Waals surface area contributed by atoms with Crippen LogP contribution in [0.1, 0.15) is 22.2 Å². The van der Waals surface area contributed by atoms with Gasteiger partial charge in [-0.15, -0.1) is 11.3 Å². The van der Waals surface area contributed by atoms with Crippen LogP contribution in [0.4, 0.5) is 17.3 Å². The predicted octanol–water partition coefficient (Wildman–Crippen LogP) is 3.09. The summed E-state index contributed by atoms with van der Waals surface area (Å²) in [5.74, 6) is 0.973. The van der Waals surface area contributed by atoms with Crippen LogP contribution in [0.3, 0.4) is 0 Å². The van der Waals surface area contributed by atoms with Gasteiger partial charge in [-0.05, 0) is 30.7 Å². The summed E-state index contributed by atoms with van der Waals surface area (Å²) in [6, 6.07) is 3.87. The van der Waals surface area contributed by atoms with Crippen LogP contribution in [-0.4, -0.2) is 59.0 Å². The molecule has 182 valence electrons. The molecule has 4 aromatic rings. The van der Waals surface area contributed by atoms with Crippen LogP contribution < -0.4 is 21.3 Å². The Kier molecular flexibility index (Phi) is 7.85. The number of carbonyl (C=O) groups is 2. The van der Waals surface area contributed by atoms with Crippen LogP contribution in [0.15, 0.2) is 24.5 Å². The number of anilines is 3. The molecule has 4 heterocycles. The first kappa shape index (κ1) is 24.5. The highest BCUT2D eigenvalue weighted by atomic mass is 35.5. The van der Waals surface area contributed by atoms with Crippen molar-refractivity contribution in [1.29, 1.82) is 0 Å². The molecule has 0 atom stereocenters. The van der Waals surface area contributed by atoms with Gasteiger partial charge in [-0.2, -0.15) is 0 Å². The van der Waals surface area contributed by atoms with Crippen LogP contribution in [-0.2, 0) is 16.1 Å². The number of hydrogen-bond donors (Lipinski definition) is 4. The van der Waals surface area contributed by atoms with E-state index >= 15 is 0 Å². The van der Waals surface area contributed by atoms with Crippen molar-refractivity contribution in [1.82, 2.24) is 30.6 Å². The predicted molar refractivity (Wildman–Crippen MR) is 137 cm³/mol. The first-order valence-corrected chi connectivity index (χ1v) is 12.0. The lowest BCUT2D eigenvalue weighted by Crippen LogP contribution is -2.24. The van der Waals surface area contributed by atoms with Gasteiger partial charge < -0.3 is 26.0 Å². The van der Waals surface area contributed by atoms with Gasteiger partial charge >= 0.3 is 0 Å². The average Bonchev–Trinajstić information content (AvgIpc) is 3.15. The van der Waals surface area contributed by atoms with E-state index < -0.39 is 0 Å². The van der Waals surface area contributed by atoms with E-state index in [0.29, 0.717) is 54.7 Å². The molecule has 0 radical (unpaired) electrons. The van der Waals surface area contributed by atoms with E-state index in [4.69, 9.17) is 26.1 Å². The van der Waals surface area contributed by atoms with Gasteiger partial charge in [0.05, 0.1) is 29.5 Å². The molecule has 4 N–H and O–H groups in total. The maximum absolute atomic E-state index is 12.4. The maximum atomic E-state index is 12.4. The molecule has 0 saturated heterocycles. The molecule has 0 fully saturated rings. The Morgan fingerprint density at radius 2 is 2.00 bits per heavy atom. The zero-order valence-electron chi connectivity index (χ0n) is 19.0. The molecule has 0 bridgehead atoms. The van der Waals surface area contributed by atoms with E-state index in [2.05, 4.69) is 36.2 Å². The number of rotatable bonds is 6. The van der Waals surface area contributed by atoms with Crippen molar-refractivity contribution in [3.8, 4) is 0 Å². The molecule has 1 aliphatic heterocycles. The second kappa shape index (κ2) is 11.2. The number of halogens is 1. The average molecular weight is 515 g/mol. The molecule has 11 nitrogen and oxygen atoms in total. The molecule has 3 aromatic heterocycles. The van der Waals surface area contributed by atoms with Gasteiger partial charge in [0.2, 0.25) is 11.7 Å². The highest BCUT2D eigenvalue weighted by Crippen LogP contribution is 2.40. The van der Waals surface area contributed by atoms with Gasteiger partial charge in [0.15, 0.2) is 5.82 Å². The van der Waals surface area contributed by atoms with Crippen LogP contribution >= 0.6 is 22.9 Å². The number of fused-ring (bicyclic) bond motifs is 5. The Balaban J connectivity index is 0.000000672. The Morgan fingerprint density at radius 1 is 1.20 bits per heavy atom. The summed E-state index contributed by atoms with van der Waals surface area (Å²) in [5, 5.41) is 12.7. The van der Waals surface area contributed by atoms with Crippen LogP contribution in [0, 0.1) is 0 Å². The summed E-state index contributed by atoms with van der Waals surface area (Å²) in [4.78, 5) is 39.8. The van der Waals surface area contributed by atoms with Crippen molar-refractivity contribution in [2.45, 2.75) is 13.5 Å². The fourth-order valence-electron chi connectivity index (χ4n) is 3.43. The van der Waals surface area contributed by atoms with Gasteiger partial charge in [0, 0.05) is 48.6 Å². The van der Waals surface area contributed by atoms with Crippen molar-refractivity contribution < 1.29 is 14.3 Å². The third kappa shape index (κ3) is 5.39. The number of carbonyl (C=O) groups excluding carboxylic acids is 2. The van der Waals surface area contributed by atoms with Crippen molar-refractivity contribution >= 4 is 73.7 Å². The Morgan fingerprint density at radius 3 is 2.77 bits per heavy atom. The molecule has 0 aliphatic carbocycles. The lowest BCUT2D eigenvalue weighted by atomic mass is 10.1. The standard InChI is InChI=1S/C20H18ClN7O2S.C2H5NO/c1-2-30-9-10-7-25-20(21)28-18(10)27-13-8-24-15-11(26-13)3-4-12-14(15)16-17(31-12)19(29)23-6-5-22-16;1-3-2-4/h3-4,7-8,22H,2,5-6,9H2,1H3,(H,23,29)(H,25,26,27,28);2H,1H3,(H,3,4). The van der Waals surface area contributed by atoms with Gasteiger partial charge in [0.1, 0.15) is 10.7 Å². The molecule has 5 rings (SSSR count). The van der Waals surface area contributed by atoms with Crippen LogP contribution in [0.2, 0.25) is 5.28 Å². The Bertz CT molecular complexity index is 1380. The minimum Gasteiger partial charge on any atom is -0.381 e. The minimum absolute atomic E-state index is 0.0666. The topological polar surface area (TPSA) is 143 Å². The second-order valence-electron chi connectivity index (χ2n) is 7.23. The lowest BCUT2D eigenvalue weighted by molar-refractivity contribution is -0.109. The normalized spacial score (nSPS) is 12.6. The molecule has 2 amide bonds. The van der Waals surface area contributed by atoms with E-state index in [9.17, 15) is 4.79 Å². The first-order chi connectivity index (χ1) is 17.0. The van der Waals surface area contributed by atoms with Crippen LogP contribution in [0.5, 0.6) is 0 Å². The number of thiophene rings is 1. The minimum atomic E-state index is -0.0666. The third-order valence-corrected chi connectivity index (χ3v) is 6.28. The van der Waals surface area contributed by atoms with Gasteiger partial charge in [0.25, 0.3) is 5.91 Å². The zero-order chi connectivity index (χ0) is 24.8. The number of nitrogens with zero attached hydrogens (tertiary/aromatic N) is 4. The first-order valence-electron chi connectivity index (χ1n) is 10.8. The molecular weight excluding hydrogens is 492 g/mol. The van der Waals surface area contributed by atoms with E-state index in [1.165, 1.54) is 11.3 Å². The van der Waals surface area contributed by atoms with E-state index in [0.717, 1.165) is 26.9 Å². The monoisotopic (exact) mass is 514 g/mol. The third-order valence-electron chi connectivity index (χ3n) is 4.94. The maximum Gasteiger partial charge on any atom is 0.263 e. The summed E-state index contributed by atoms with van der Waals surface area (Å²) in [5.41, 5.74) is 3.02. The summed E-state index contributed by atoms with van der Waals surface area (Å²) in [7, 11) is 1.56. The molecular formula is C22H23ClN8O3S. The van der Waals surface area contributed by atoms with E-state index in [1.54, 1.807) is 19.4 Å². The largest absolute Gasteiger partial charge is 0.381 e. The molecule has 0 spiro atoms. The zero-order valence-corrected chi connectivity index (χ0v) is 20.6. The summed E-state index contributed by atoms with van der Waals surface area (Å²) < 4.78 is 6.47.